The molecule has 1 saturated carbocycles. The van der Waals surface area contributed by atoms with Gasteiger partial charge in [-0.3, -0.25) is 0 Å². The Hall–Kier alpha value is -1.68. The molecular formula is C14H13ClFN3. The van der Waals surface area contributed by atoms with Crippen LogP contribution < -0.4 is 5.32 Å². The van der Waals surface area contributed by atoms with Gasteiger partial charge in [-0.25, -0.2) is 14.4 Å². The molecule has 3 nitrogen and oxygen atoms in total. The van der Waals surface area contributed by atoms with Gasteiger partial charge in [-0.1, -0.05) is 17.7 Å². The van der Waals surface area contributed by atoms with E-state index in [1.54, 1.807) is 19.1 Å². The number of benzene rings is 1. The highest BCUT2D eigenvalue weighted by Gasteiger charge is 2.27. The minimum atomic E-state index is -0.243. The van der Waals surface area contributed by atoms with Crippen molar-refractivity contribution in [2.45, 2.75) is 25.7 Å². The third-order valence-corrected chi connectivity index (χ3v) is 3.29. The van der Waals surface area contributed by atoms with Gasteiger partial charge in [-0.2, -0.15) is 0 Å². The number of rotatable bonds is 3. The first kappa shape index (κ1) is 12.4. The highest BCUT2D eigenvalue weighted by atomic mass is 35.5. The average Bonchev–Trinajstić information content (AvgIpc) is 3.17. The van der Waals surface area contributed by atoms with E-state index >= 15 is 0 Å². The zero-order chi connectivity index (χ0) is 13.4. The van der Waals surface area contributed by atoms with Crippen LogP contribution >= 0.6 is 11.6 Å². The summed E-state index contributed by atoms with van der Waals surface area (Å²) in [5.74, 6) is 1.55. The van der Waals surface area contributed by atoms with Crippen molar-refractivity contribution in [3.8, 4) is 0 Å². The van der Waals surface area contributed by atoms with Crippen molar-refractivity contribution in [1.82, 2.24) is 9.97 Å². The van der Waals surface area contributed by atoms with Gasteiger partial charge in [0.1, 0.15) is 22.6 Å². The van der Waals surface area contributed by atoms with Crippen molar-refractivity contribution >= 4 is 23.1 Å². The molecule has 1 aliphatic rings. The summed E-state index contributed by atoms with van der Waals surface area (Å²) >= 11 is 5.98. The fraction of sp³-hybridized carbons (Fsp3) is 0.286. The van der Waals surface area contributed by atoms with Crippen molar-refractivity contribution in [3.05, 3.63) is 46.6 Å². The van der Waals surface area contributed by atoms with Crippen molar-refractivity contribution in [2.24, 2.45) is 0 Å². The molecule has 3 rings (SSSR count). The van der Waals surface area contributed by atoms with E-state index in [0.717, 1.165) is 18.7 Å². The molecule has 0 unspecified atom stereocenters. The number of nitrogens with one attached hydrogen (secondary N) is 1. The monoisotopic (exact) mass is 277 g/mol. The largest absolute Gasteiger partial charge is 0.340 e. The van der Waals surface area contributed by atoms with Gasteiger partial charge in [0.2, 0.25) is 0 Å². The van der Waals surface area contributed by atoms with Gasteiger partial charge in [0.25, 0.3) is 0 Å². The van der Waals surface area contributed by atoms with Crippen LogP contribution in [0.5, 0.6) is 0 Å². The lowest BCUT2D eigenvalue weighted by Gasteiger charge is -2.08. The van der Waals surface area contributed by atoms with Gasteiger partial charge in [0, 0.05) is 17.7 Å². The van der Waals surface area contributed by atoms with Crippen LogP contribution in [0.3, 0.4) is 0 Å². The average molecular weight is 278 g/mol. The van der Waals surface area contributed by atoms with Crippen LogP contribution in [0.25, 0.3) is 0 Å². The van der Waals surface area contributed by atoms with Crippen LogP contribution in [0, 0.1) is 12.7 Å². The lowest BCUT2D eigenvalue weighted by molar-refractivity contribution is 0.619. The van der Waals surface area contributed by atoms with Gasteiger partial charge >= 0.3 is 0 Å². The maximum absolute atomic E-state index is 13.5. The number of nitrogens with zero attached hydrogens (tertiary/aromatic N) is 2. The van der Waals surface area contributed by atoms with E-state index in [0.29, 0.717) is 28.1 Å². The van der Waals surface area contributed by atoms with Gasteiger partial charge in [0.05, 0.1) is 0 Å². The molecule has 1 N–H and O–H groups in total. The van der Waals surface area contributed by atoms with E-state index < -0.39 is 0 Å². The predicted molar refractivity (Wildman–Crippen MR) is 73.4 cm³/mol. The third kappa shape index (κ3) is 2.84. The molecule has 0 spiro atoms. The first-order valence-corrected chi connectivity index (χ1v) is 6.57. The number of aromatic nitrogens is 2. The maximum Gasteiger partial charge on any atom is 0.135 e. The summed E-state index contributed by atoms with van der Waals surface area (Å²) < 4.78 is 13.5. The molecule has 1 heterocycles. The minimum absolute atomic E-state index is 0.243. The van der Waals surface area contributed by atoms with E-state index in [4.69, 9.17) is 11.6 Å². The molecule has 0 saturated heterocycles. The molecule has 0 aliphatic heterocycles. The summed E-state index contributed by atoms with van der Waals surface area (Å²) in [5, 5.41) is 3.47. The molecule has 2 aromatic rings. The van der Waals surface area contributed by atoms with Crippen molar-refractivity contribution < 1.29 is 4.39 Å². The van der Waals surface area contributed by atoms with E-state index in [-0.39, 0.29) is 5.82 Å². The van der Waals surface area contributed by atoms with Crippen LogP contribution in [0.2, 0.25) is 5.15 Å². The quantitative estimate of drug-likeness (QED) is 0.855. The maximum atomic E-state index is 13.5. The Kier molecular flexibility index (Phi) is 3.11. The van der Waals surface area contributed by atoms with Crippen molar-refractivity contribution in [3.63, 3.8) is 0 Å². The highest BCUT2D eigenvalue weighted by molar-refractivity contribution is 6.29. The molecule has 0 atom stereocenters. The van der Waals surface area contributed by atoms with Crippen LogP contribution in [0.1, 0.15) is 30.1 Å². The number of hydrogen-bond donors (Lipinski definition) is 1. The summed E-state index contributed by atoms with van der Waals surface area (Å²) in [6.45, 7) is 1.73. The standard InChI is InChI=1S/C14H13ClFN3/c1-8-2-5-10(6-11(8)16)17-13-7-12(15)18-14(19-13)9-3-4-9/h2,5-7,9H,3-4H2,1H3,(H,17,18,19). The Morgan fingerprint density at radius 3 is 2.74 bits per heavy atom. The van der Waals surface area contributed by atoms with E-state index in [9.17, 15) is 4.39 Å². The zero-order valence-corrected chi connectivity index (χ0v) is 11.2. The molecule has 1 aromatic heterocycles. The second-order valence-corrected chi connectivity index (χ2v) is 5.18. The Morgan fingerprint density at radius 1 is 1.26 bits per heavy atom. The molecule has 19 heavy (non-hydrogen) atoms. The Balaban J connectivity index is 1.87. The van der Waals surface area contributed by atoms with E-state index in [1.165, 1.54) is 6.07 Å². The smallest absolute Gasteiger partial charge is 0.135 e. The summed E-state index contributed by atoms with van der Waals surface area (Å²) in [6.07, 6.45) is 2.22. The van der Waals surface area contributed by atoms with Gasteiger partial charge < -0.3 is 5.32 Å². The van der Waals surface area contributed by atoms with Gasteiger partial charge in [-0.05, 0) is 37.5 Å². The number of halogens is 2. The minimum Gasteiger partial charge on any atom is -0.340 e. The fourth-order valence-corrected chi connectivity index (χ4v) is 2.03. The number of aryl methyl sites for hydroxylation is 1. The molecule has 1 fully saturated rings. The zero-order valence-electron chi connectivity index (χ0n) is 10.5. The van der Waals surface area contributed by atoms with E-state index in [2.05, 4.69) is 15.3 Å². The molecule has 1 aromatic carbocycles. The lowest BCUT2D eigenvalue weighted by atomic mass is 10.2. The fourth-order valence-electron chi connectivity index (χ4n) is 1.84. The first-order valence-electron chi connectivity index (χ1n) is 6.19. The predicted octanol–water partition coefficient (Wildman–Crippen LogP) is 4.20. The molecular weight excluding hydrogens is 265 g/mol. The van der Waals surface area contributed by atoms with Crippen molar-refractivity contribution in [2.75, 3.05) is 5.32 Å². The molecule has 1 aliphatic carbocycles. The summed E-state index contributed by atoms with van der Waals surface area (Å²) in [5.41, 5.74) is 1.27. The molecule has 0 amide bonds. The SMILES string of the molecule is Cc1ccc(Nc2cc(Cl)nc(C3CC3)n2)cc1F. The molecule has 0 bridgehead atoms. The summed E-state index contributed by atoms with van der Waals surface area (Å²) in [4.78, 5) is 8.62. The summed E-state index contributed by atoms with van der Waals surface area (Å²) in [7, 11) is 0. The Morgan fingerprint density at radius 2 is 2.05 bits per heavy atom. The van der Waals surface area contributed by atoms with Crippen LogP contribution in [-0.2, 0) is 0 Å². The van der Waals surface area contributed by atoms with Crippen LogP contribution in [0.15, 0.2) is 24.3 Å². The van der Waals surface area contributed by atoms with Crippen LogP contribution in [0.4, 0.5) is 15.9 Å². The molecule has 98 valence electrons. The Bertz CT molecular complexity index is 626. The van der Waals surface area contributed by atoms with Gasteiger partial charge in [0.15, 0.2) is 0 Å². The van der Waals surface area contributed by atoms with Crippen molar-refractivity contribution in [1.29, 1.82) is 0 Å². The normalized spacial score (nSPS) is 14.5. The lowest BCUT2D eigenvalue weighted by Crippen LogP contribution is -2.00. The topological polar surface area (TPSA) is 37.8 Å². The van der Waals surface area contributed by atoms with E-state index in [1.807, 2.05) is 6.07 Å². The van der Waals surface area contributed by atoms with Gasteiger partial charge in [-0.15, -0.1) is 0 Å². The second-order valence-electron chi connectivity index (χ2n) is 4.80. The number of anilines is 2. The van der Waals surface area contributed by atoms with Crippen LogP contribution in [-0.4, -0.2) is 9.97 Å². The highest BCUT2D eigenvalue weighted by Crippen LogP contribution is 2.39. The molecule has 0 radical (unpaired) electrons. The number of hydrogen-bond acceptors (Lipinski definition) is 3. The molecule has 5 heteroatoms. The second kappa shape index (κ2) is 4.78. The summed E-state index contributed by atoms with van der Waals surface area (Å²) in [6, 6.07) is 6.63. The first-order chi connectivity index (χ1) is 9.11. The Labute approximate surface area is 115 Å². The third-order valence-electron chi connectivity index (χ3n) is 3.10.